The van der Waals surface area contributed by atoms with Gasteiger partial charge < -0.3 is 19.5 Å². The lowest BCUT2D eigenvalue weighted by Gasteiger charge is -2.17. The minimum Gasteiger partial charge on any atom is -0.493 e. The number of rotatable bonds is 9. The minimum atomic E-state index is -1.47. The molecular weight excluding hydrogens is 418 g/mol. The maximum absolute atomic E-state index is 12.3. The van der Waals surface area contributed by atoms with Gasteiger partial charge in [-0.15, -0.1) is 0 Å². The molecule has 2 atom stereocenters. The van der Waals surface area contributed by atoms with E-state index in [-0.39, 0.29) is 24.3 Å². The summed E-state index contributed by atoms with van der Waals surface area (Å²) in [6.45, 7) is 1.56. The van der Waals surface area contributed by atoms with Crippen molar-refractivity contribution < 1.29 is 28.0 Å². The first kappa shape index (κ1) is 22.7. The van der Waals surface area contributed by atoms with Crippen LogP contribution in [0.3, 0.4) is 0 Å². The monoisotopic (exact) mass is 439 g/mol. The second-order valence-electron chi connectivity index (χ2n) is 6.01. The summed E-state index contributed by atoms with van der Waals surface area (Å²) in [6.07, 6.45) is 0. The molecule has 2 aromatic carbocycles. The molecule has 7 nitrogen and oxygen atoms in total. The molecule has 0 saturated carbocycles. The number of amides is 1. The van der Waals surface area contributed by atoms with Crippen LogP contribution in [-0.2, 0) is 25.1 Å². The van der Waals surface area contributed by atoms with Crippen molar-refractivity contribution in [3.8, 4) is 11.5 Å². The number of hydrogen-bond donors (Lipinski definition) is 1. The highest BCUT2D eigenvalue weighted by Crippen LogP contribution is 2.30. The van der Waals surface area contributed by atoms with Crippen molar-refractivity contribution >= 4 is 34.3 Å². The molecule has 0 saturated heterocycles. The van der Waals surface area contributed by atoms with Crippen molar-refractivity contribution in [1.82, 2.24) is 5.32 Å². The maximum Gasteiger partial charge on any atom is 0.343 e. The Morgan fingerprint density at radius 3 is 2.41 bits per heavy atom. The van der Waals surface area contributed by atoms with E-state index in [9.17, 15) is 13.8 Å². The zero-order valence-corrected chi connectivity index (χ0v) is 17.8. The van der Waals surface area contributed by atoms with Crippen LogP contribution < -0.4 is 14.8 Å². The topological polar surface area (TPSA) is 90.9 Å². The van der Waals surface area contributed by atoms with Crippen LogP contribution in [0.15, 0.2) is 47.4 Å². The van der Waals surface area contributed by atoms with E-state index >= 15 is 0 Å². The van der Waals surface area contributed by atoms with Gasteiger partial charge in [-0.1, -0.05) is 17.7 Å². The van der Waals surface area contributed by atoms with Gasteiger partial charge in [-0.25, -0.2) is 4.79 Å². The summed E-state index contributed by atoms with van der Waals surface area (Å²) >= 11 is 5.82. The summed E-state index contributed by atoms with van der Waals surface area (Å²) in [5.41, 5.74) is 0.762. The Kier molecular flexibility index (Phi) is 8.48. The molecule has 0 bridgehead atoms. The van der Waals surface area contributed by atoms with E-state index < -0.39 is 16.8 Å². The Balaban J connectivity index is 1.99. The molecule has 0 heterocycles. The number of benzene rings is 2. The summed E-state index contributed by atoms with van der Waals surface area (Å²) in [4.78, 5) is 24.0. The Hall–Kier alpha value is -2.58. The number of esters is 1. The third kappa shape index (κ3) is 6.76. The van der Waals surface area contributed by atoms with Crippen molar-refractivity contribution in [3.63, 3.8) is 0 Å². The SMILES string of the molecule is COC(=O)COc1ccc(C(C)NC(=O)CS(=O)c2ccc(Cl)cc2)cc1OC. The molecule has 0 spiro atoms. The van der Waals surface area contributed by atoms with Crippen LogP contribution in [-0.4, -0.2) is 42.7 Å². The van der Waals surface area contributed by atoms with E-state index in [1.54, 1.807) is 49.4 Å². The number of ether oxygens (including phenoxy) is 3. The average molecular weight is 440 g/mol. The smallest absolute Gasteiger partial charge is 0.343 e. The molecule has 0 aliphatic heterocycles. The number of methoxy groups -OCH3 is 2. The Bertz CT molecular complexity index is 887. The van der Waals surface area contributed by atoms with Crippen LogP contribution in [0.2, 0.25) is 5.02 Å². The fourth-order valence-corrected chi connectivity index (χ4v) is 3.48. The molecular formula is C20H22ClNO6S. The second kappa shape index (κ2) is 10.8. The van der Waals surface area contributed by atoms with Crippen LogP contribution in [0, 0.1) is 0 Å². The molecule has 0 aromatic heterocycles. The van der Waals surface area contributed by atoms with Crippen LogP contribution in [0.25, 0.3) is 0 Å². The highest BCUT2D eigenvalue weighted by molar-refractivity contribution is 7.85. The molecule has 2 unspecified atom stereocenters. The first-order chi connectivity index (χ1) is 13.8. The van der Waals surface area contributed by atoms with Gasteiger partial charge in [-0.3, -0.25) is 9.00 Å². The fourth-order valence-electron chi connectivity index (χ4n) is 2.42. The molecule has 1 amide bonds. The number of carbonyl (C=O) groups is 2. The third-order valence-electron chi connectivity index (χ3n) is 3.98. The van der Waals surface area contributed by atoms with E-state index in [1.807, 2.05) is 0 Å². The molecule has 156 valence electrons. The summed E-state index contributed by atoms with van der Waals surface area (Å²) < 4.78 is 27.5. The standard InChI is InChI=1S/C20H22ClNO6S/c1-13(22-19(23)12-29(25)16-7-5-15(21)6-8-16)14-4-9-17(18(10-14)26-2)28-11-20(24)27-3/h4-10,13H,11-12H2,1-3H3,(H,22,23). The van der Waals surface area contributed by atoms with Gasteiger partial charge in [0.1, 0.15) is 5.75 Å². The van der Waals surface area contributed by atoms with E-state index in [1.165, 1.54) is 14.2 Å². The molecule has 0 aliphatic rings. The van der Waals surface area contributed by atoms with E-state index in [2.05, 4.69) is 10.1 Å². The van der Waals surface area contributed by atoms with Crippen LogP contribution in [0.1, 0.15) is 18.5 Å². The zero-order chi connectivity index (χ0) is 21.4. The van der Waals surface area contributed by atoms with Crippen molar-refractivity contribution in [2.24, 2.45) is 0 Å². The lowest BCUT2D eigenvalue weighted by molar-refractivity contribution is -0.142. The molecule has 9 heteroatoms. The van der Waals surface area contributed by atoms with Gasteiger partial charge >= 0.3 is 5.97 Å². The molecule has 0 aliphatic carbocycles. The van der Waals surface area contributed by atoms with Crippen molar-refractivity contribution in [2.75, 3.05) is 26.6 Å². The lowest BCUT2D eigenvalue weighted by atomic mass is 10.1. The molecule has 0 radical (unpaired) electrons. The molecule has 0 fully saturated rings. The van der Waals surface area contributed by atoms with Crippen molar-refractivity contribution in [2.45, 2.75) is 17.9 Å². The van der Waals surface area contributed by atoms with Crippen LogP contribution >= 0.6 is 11.6 Å². The highest BCUT2D eigenvalue weighted by Gasteiger charge is 2.16. The first-order valence-corrected chi connectivity index (χ1v) is 10.3. The number of nitrogens with one attached hydrogen (secondary N) is 1. The Morgan fingerprint density at radius 2 is 1.79 bits per heavy atom. The van der Waals surface area contributed by atoms with E-state index in [0.717, 1.165) is 5.56 Å². The van der Waals surface area contributed by atoms with Crippen LogP contribution in [0.4, 0.5) is 0 Å². The minimum absolute atomic E-state index is 0.163. The second-order valence-corrected chi connectivity index (χ2v) is 7.90. The van der Waals surface area contributed by atoms with E-state index in [4.69, 9.17) is 21.1 Å². The Morgan fingerprint density at radius 1 is 1.10 bits per heavy atom. The first-order valence-electron chi connectivity index (χ1n) is 8.65. The number of carbonyl (C=O) groups excluding carboxylic acids is 2. The zero-order valence-electron chi connectivity index (χ0n) is 16.3. The predicted octanol–water partition coefficient (Wildman–Crippen LogP) is 2.89. The van der Waals surface area contributed by atoms with Gasteiger partial charge in [0.05, 0.1) is 31.1 Å². The lowest BCUT2D eigenvalue weighted by Crippen LogP contribution is -2.30. The maximum atomic E-state index is 12.3. The normalized spacial score (nSPS) is 12.6. The predicted molar refractivity (Wildman–Crippen MR) is 110 cm³/mol. The van der Waals surface area contributed by atoms with Gasteiger partial charge in [0.25, 0.3) is 0 Å². The van der Waals surface area contributed by atoms with Crippen LogP contribution in [0.5, 0.6) is 11.5 Å². The van der Waals surface area contributed by atoms with Gasteiger partial charge in [0, 0.05) is 9.92 Å². The van der Waals surface area contributed by atoms with Gasteiger partial charge in [-0.05, 0) is 48.9 Å². The Labute approximate surface area is 176 Å². The fraction of sp³-hybridized carbons (Fsp3) is 0.300. The summed E-state index contributed by atoms with van der Waals surface area (Å²) in [5.74, 6) is -0.230. The van der Waals surface area contributed by atoms with Gasteiger partial charge in [0.2, 0.25) is 5.91 Å². The van der Waals surface area contributed by atoms with E-state index in [0.29, 0.717) is 21.4 Å². The summed E-state index contributed by atoms with van der Waals surface area (Å²) in [5, 5.41) is 3.35. The highest BCUT2D eigenvalue weighted by atomic mass is 35.5. The molecule has 2 rings (SSSR count). The summed E-state index contributed by atoms with van der Waals surface area (Å²) in [6, 6.07) is 11.3. The van der Waals surface area contributed by atoms with Gasteiger partial charge in [-0.2, -0.15) is 0 Å². The molecule has 29 heavy (non-hydrogen) atoms. The van der Waals surface area contributed by atoms with Gasteiger partial charge in [0.15, 0.2) is 18.1 Å². The number of halogens is 1. The molecule has 2 aromatic rings. The third-order valence-corrected chi connectivity index (χ3v) is 5.55. The number of hydrogen-bond acceptors (Lipinski definition) is 6. The van der Waals surface area contributed by atoms with Crippen molar-refractivity contribution in [1.29, 1.82) is 0 Å². The average Bonchev–Trinajstić information content (AvgIpc) is 2.71. The molecule has 1 N–H and O–H groups in total. The summed E-state index contributed by atoms with van der Waals surface area (Å²) in [7, 11) is 1.28. The van der Waals surface area contributed by atoms with Crippen molar-refractivity contribution in [3.05, 3.63) is 53.1 Å². The quantitative estimate of drug-likeness (QED) is 0.604. The largest absolute Gasteiger partial charge is 0.493 e.